The van der Waals surface area contributed by atoms with Crippen LogP contribution in [-0.2, 0) is 6.18 Å². The van der Waals surface area contributed by atoms with Crippen LogP contribution in [0.25, 0.3) is 0 Å². The Bertz CT molecular complexity index is 965. The van der Waals surface area contributed by atoms with E-state index in [1.165, 1.54) is 17.3 Å². The zero-order valence-corrected chi connectivity index (χ0v) is 18.7. The molecule has 2 rings (SSSR count). The van der Waals surface area contributed by atoms with Crippen LogP contribution in [0.2, 0.25) is 5.02 Å². The normalized spacial score (nSPS) is 12.5. The summed E-state index contributed by atoms with van der Waals surface area (Å²) in [5.74, 6) is -0.252. The smallest absolute Gasteiger partial charge is 0.417 e. The molecular weight excluding hydrogens is 445 g/mol. The number of ether oxygens (including phenoxy) is 1. The molecule has 0 saturated heterocycles. The van der Waals surface area contributed by atoms with Gasteiger partial charge in [-0.2, -0.15) is 18.3 Å². The number of amides is 1. The topological polar surface area (TPSA) is 58.0 Å². The van der Waals surface area contributed by atoms with Gasteiger partial charge < -0.3 is 9.64 Å². The lowest BCUT2D eigenvalue weighted by atomic mass is 10.1. The number of pyridine rings is 1. The molecule has 0 radical (unpaired) electrons. The van der Waals surface area contributed by atoms with Gasteiger partial charge in [-0.25, -0.2) is 4.98 Å². The predicted molar refractivity (Wildman–Crippen MR) is 119 cm³/mol. The van der Waals surface area contributed by atoms with Crippen LogP contribution in [0.5, 0.6) is 5.88 Å². The molecule has 0 fully saturated rings. The third kappa shape index (κ3) is 6.23. The van der Waals surface area contributed by atoms with Crippen molar-refractivity contribution in [3.05, 3.63) is 65.3 Å². The number of para-hydroxylation sites is 1. The predicted octanol–water partition coefficient (Wildman–Crippen LogP) is 5.29. The highest BCUT2D eigenvalue weighted by Crippen LogP contribution is 2.31. The molecule has 0 aliphatic rings. The number of nitrogens with zero attached hydrogens (tertiary/aromatic N) is 4. The summed E-state index contributed by atoms with van der Waals surface area (Å²) in [6.45, 7) is 7.57. The van der Waals surface area contributed by atoms with Crippen molar-refractivity contribution in [1.29, 1.82) is 0 Å². The van der Waals surface area contributed by atoms with Crippen LogP contribution in [0, 0.1) is 0 Å². The number of carbonyl (C=O) groups is 1. The van der Waals surface area contributed by atoms with Gasteiger partial charge in [0.25, 0.3) is 5.91 Å². The number of alkyl halides is 3. The average Bonchev–Trinajstić information content (AvgIpc) is 2.75. The summed E-state index contributed by atoms with van der Waals surface area (Å²) in [5, 5.41) is 6.01. The third-order valence-electron chi connectivity index (χ3n) is 4.56. The molecule has 6 nitrogen and oxygen atoms in total. The van der Waals surface area contributed by atoms with Crippen molar-refractivity contribution in [3.8, 4) is 5.88 Å². The van der Waals surface area contributed by atoms with Gasteiger partial charge in [0.05, 0.1) is 27.9 Å². The zero-order chi connectivity index (χ0) is 23.9. The summed E-state index contributed by atoms with van der Waals surface area (Å²) < 4.78 is 43.5. The first-order chi connectivity index (χ1) is 15.1. The van der Waals surface area contributed by atoms with E-state index >= 15 is 0 Å². The van der Waals surface area contributed by atoms with Crippen molar-refractivity contribution in [2.45, 2.75) is 26.1 Å². The van der Waals surface area contributed by atoms with Crippen molar-refractivity contribution in [3.63, 3.8) is 0 Å². The van der Waals surface area contributed by atoms with Crippen molar-refractivity contribution >= 4 is 29.4 Å². The number of carbonyl (C=O) groups excluding carboxylic acids is 1. The molecule has 1 aromatic heterocycles. The van der Waals surface area contributed by atoms with Crippen LogP contribution >= 0.6 is 11.6 Å². The highest BCUT2D eigenvalue weighted by molar-refractivity contribution is 6.34. The molecule has 0 aliphatic carbocycles. The van der Waals surface area contributed by atoms with Crippen LogP contribution in [0.15, 0.2) is 54.3 Å². The summed E-state index contributed by atoms with van der Waals surface area (Å²) >= 11 is 6.34. The molecular formula is C22H24ClF3N4O2. The number of allylic oxidation sites excluding steroid dienone is 1. The molecule has 1 aromatic carbocycles. The van der Waals surface area contributed by atoms with Crippen molar-refractivity contribution in [2.75, 3.05) is 25.2 Å². The number of likely N-dealkylation sites (N-methyl/N-ethyl adjacent to an activating group) is 1. The van der Waals surface area contributed by atoms with Gasteiger partial charge in [-0.05, 0) is 38.1 Å². The molecule has 10 heteroatoms. The van der Waals surface area contributed by atoms with Gasteiger partial charge in [-0.15, -0.1) is 0 Å². The lowest BCUT2D eigenvalue weighted by Crippen LogP contribution is -2.42. The van der Waals surface area contributed by atoms with E-state index in [1.54, 1.807) is 37.1 Å². The molecule has 172 valence electrons. The first kappa shape index (κ1) is 25.2. The number of hydrogen-bond acceptors (Lipinski definition) is 5. The van der Waals surface area contributed by atoms with Gasteiger partial charge in [0.15, 0.2) is 0 Å². The fourth-order valence-electron chi connectivity index (χ4n) is 2.96. The standard InChI is InChI=1S/C22H24ClF3N4O2/c1-5-12-28-29(4)20-17(8-7-9-18(20)23)21(31)30(6-2)15(3)14-32-19-11-10-16(13-27-19)22(24,25)26/h5,7-13,15H,1,6,14H2,2-4H3/b28-12-. The minimum absolute atomic E-state index is 0.0373. The molecule has 1 atom stereocenters. The molecule has 1 unspecified atom stereocenters. The number of anilines is 1. The molecule has 0 saturated carbocycles. The fraction of sp³-hybridized carbons (Fsp3) is 0.318. The van der Waals surface area contributed by atoms with E-state index in [9.17, 15) is 18.0 Å². The number of halogens is 4. The van der Waals surface area contributed by atoms with Crippen molar-refractivity contribution in [1.82, 2.24) is 9.88 Å². The average molecular weight is 469 g/mol. The summed E-state index contributed by atoms with van der Waals surface area (Å²) in [4.78, 5) is 18.6. The van der Waals surface area contributed by atoms with E-state index in [0.29, 0.717) is 29.0 Å². The maximum atomic E-state index is 13.3. The van der Waals surface area contributed by atoms with Crippen LogP contribution in [0.1, 0.15) is 29.8 Å². The summed E-state index contributed by atoms with van der Waals surface area (Å²) in [5.41, 5.74) is -0.0733. The number of hydrogen-bond donors (Lipinski definition) is 0. The number of hydrazone groups is 1. The number of aromatic nitrogens is 1. The molecule has 1 heterocycles. The maximum absolute atomic E-state index is 13.3. The molecule has 0 N–H and O–H groups in total. The van der Waals surface area contributed by atoms with Crippen LogP contribution in [-0.4, -0.2) is 48.2 Å². The van der Waals surface area contributed by atoms with E-state index in [0.717, 1.165) is 12.1 Å². The van der Waals surface area contributed by atoms with Gasteiger partial charge in [0.2, 0.25) is 5.88 Å². The first-order valence-electron chi connectivity index (χ1n) is 9.74. The number of rotatable bonds is 9. The van der Waals surface area contributed by atoms with E-state index in [-0.39, 0.29) is 18.4 Å². The van der Waals surface area contributed by atoms with Crippen LogP contribution < -0.4 is 9.75 Å². The quantitative estimate of drug-likeness (QED) is 0.370. The van der Waals surface area contributed by atoms with E-state index < -0.39 is 17.8 Å². The second-order valence-electron chi connectivity index (χ2n) is 6.79. The Kier molecular flexibility index (Phi) is 8.65. The largest absolute Gasteiger partial charge is 0.475 e. The maximum Gasteiger partial charge on any atom is 0.417 e. The molecule has 0 aliphatic heterocycles. The van der Waals surface area contributed by atoms with Gasteiger partial charge in [0.1, 0.15) is 6.61 Å². The summed E-state index contributed by atoms with van der Waals surface area (Å²) in [6, 6.07) is 6.63. The van der Waals surface area contributed by atoms with Crippen LogP contribution in [0.4, 0.5) is 18.9 Å². The lowest BCUT2D eigenvalue weighted by Gasteiger charge is -2.29. The Hall–Kier alpha value is -3.07. The molecule has 0 spiro atoms. The summed E-state index contributed by atoms with van der Waals surface area (Å²) in [6.07, 6.45) is -0.785. The Morgan fingerprint density at radius 1 is 1.34 bits per heavy atom. The highest BCUT2D eigenvalue weighted by atomic mass is 35.5. The second kappa shape index (κ2) is 11.0. The van der Waals surface area contributed by atoms with E-state index in [1.807, 2.05) is 6.92 Å². The number of benzene rings is 1. The zero-order valence-electron chi connectivity index (χ0n) is 17.9. The van der Waals surface area contributed by atoms with Gasteiger partial charge in [0, 0.05) is 32.1 Å². The van der Waals surface area contributed by atoms with Crippen LogP contribution in [0.3, 0.4) is 0 Å². The SMILES string of the molecule is C=C/C=N\N(C)c1c(Cl)cccc1C(=O)N(CC)C(C)COc1ccc(C(F)(F)F)cn1. The van der Waals surface area contributed by atoms with Crippen molar-refractivity contribution in [2.24, 2.45) is 5.10 Å². The third-order valence-corrected chi connectivity index (χ3v) is 4.86. The van der Waals surface area contributed by atoms with Crippen molar-refractivity contribution < 1.29 is 22.7 Å². The Morgan fingerprint density at radius 2 is 2.06 bits per heavy atom. The van der Waals surface area contributed by atoms with Gasteiger partial charge in [-0.3, -0.25) is 9.80 Å². The van der Waals surface area contributed by atoms with E-state index in [2.05, 4.69) is 16.7 Å². The molecule has 1 amide bonds. The van der Waals surface area contributed by atoms with E-state index in [4.69, 9.17) is 16.3 Å². The Balaban J connectivity index is 2.18. The summed E-state index contributed by atoms with van der Waals surface area (Å²) in [7, 11) is 1.66. The first-order valence-corrected chi connectivity index (χ1v) is 10.1. The Labute approximate surface area is 189 Å². The molecule has 0 bridgehead atoms. The lowest BCUT2D eigenvalue weighted by molar-refractivity contribution is -0.137. The monoisotopic (exact) mass is 468 g/mol. The minimum atomic E-state index is -4.47. The molecule has 32 heavy (non-hydrogen) atoms. The molecule has 2 aromatic rings. The van der Waals surface area contributed by atoms with Gasteiger partial charge in [-0.1, -0.05) is 24.2 Å². The van der Waals surface area contributed by atoms with Gasteiger partial charge >= 0.3 is 6.18 Å². The minimum Gasteiger partial charge on any atom is -0.475 e. The second-order valence-corrected chi connectivity index (χ2v) is 7.20. The Morgan fingerprint density at radius 3 is 2.62 bits per heavy atom. The highest BCUT2D eigenvalue weighted by Gasteiger charge is 2.31. The fourth-order valence-corrected chi connectivity index (χ4v) is 3.26.